The number of aromatic nitrogens is 6. The maximum atomic E-state index is 15.0. The standard InChI is InChI=1S/C26H24FN9O3/c1-3-17-11-30-24(31-12-17)33-6-7-34(16(2)14-33)23-19(10-28)8-20(13-29-23)18-4-5-22(21(27)9-18)35-15-32-36(25(35)37)26(38)39/h4-5,8-9,11-13,15-16H,3,6-7,14H2,1-2H3,(H,38,39). The predicted molar refractivity (Wildman–Crippen MR) is 140 cm³/mol. The monoisotopic (exact) mass is 529 g/mol. The van der Waals surface area contributed by atoms with Gasteiger partial charge in [-0.15, -0.1) is 9.78 Å². The Hall–Kier alpha value is -5.12. The minimum atomic E-state index is -1.57. The third-order valence-corrected chi connectivity index (χ3v) is 6.66. The lowest BCUT2D eigenvalue weighted by molar-refractivity contribution is 0.191. The van der Waals surface area contributed by atoms with Crippen molar-refractivity contribution in [1.29, 1.82) is 5.26 Å². The van der Waals surface area contributed by atoms with Crippen molar-refractivity contribution in [3.63, 3.8) is 0 Å². The minimum absolute atomic E-state index is 0.0282. The zero-order valence-corrected chi connectivity index (χ0v) is 21.2. The fourth-order valence-electron chi connectivity index (χ4n) is 4.56. The lowest BCUT2D eigenvalue weighted by atomic mass is 10.0. The minimum Gasteiger partial charge on any atom is -0.463 e. The van der Waals surface area contributed by atoms with Crippen molar-refractivity contribution in [2.24, 2.45) is 0 Å². The molecule has 1 unspecified atom stereocenters. The van der Waals surface area contributed by atoms with Crippen molar-refractivity contribution in [2.75, 3.05) is 29.4 Å². The summed E-state index contributed by atoms with van der Waals surface area (Å²) < 4.78 is 16.0. The first-order valence-corrected chi connectivity index (χ1v) is 12.2. The average molecular weight is 530 g/mol. The molecule has 0 amide bonds. The molecule has 0 bridgehead atoms. The molecular formula is C26H24FN9O3. The number of nitriles is 1. The van der Waals surface area contributed by atoms with E-state index >= 15 is 0 Å². The van der Waals surface area contributed by atoms with E-state index in [1.165, 1.54) is 12.1 Å². The molecule has 39 heavy (non-hydrogen) atoms. The highest BCUT2D eigenvalue weighted by atomic mass is 19.1. The normalized spacial score (nSPS) is 15.3. The summed E-state index contributed by atoms with van der Waals surface area (Å²) in [7, 11) is 0. The van der Waals surface area contributed by atoms with Crippen LogP contribution in [0.5, 0.6) is 0 Å². The van der Waals surface area contributed by atoms with Crippen LogP contribution in [0.3, 0.4) is 0 Å². The number of carboxylic acid groups (broad SMARTS) is 1. The van der Waals surface area contributed by atoms with Gasteiger partial charge in [-0.1, -0.05) is 13.0 Å². The molecule has 1 saturated heterocycles. The number of carbonyl (C=O) groups is 1. The van der Waals surface area contributed by atoms with Gasteiger partial charge in [-0.3, -0.25) is 0 Å². The molecule has 3 aromatic heterocycles. The molecule has 1 aromatic carbocycles. The molecule has 13 heteroatoms. The molecule has 5 rings (SSSR count). The van der Waals surface area contributed by atoms with Gasteiger partial charge in [-0.05, 0) is 42.7 Å². The maximum absolute atomic E-state index is 15.0. The van der Waals surface area contributed by atoms with Crippen LogP contribution >= 0.6 is 0 Å². The number of piperazine rings is 1. The highest BCUT2D eigenvalue weighted by Gasteiger charge is 2.28. The van der Waals surface area contributed by atoms with E-state index in [2.05, 4.69) is 42.8 Å². The topological polar surface area (TPSA) is 146 Å². The van der Waals surface area contributed by atoms with Gasteiger partial charge in [-0.25, -0.2) is 33.5 Å². The van der Waals surface area contributed by atoms with Crippen LogP contribution < -0.4 is 15.5 Å². The molecule has 4 aromatic rings. The Morgan fingerprint density at radius 3 is 2.54 bits per heavy atom. The zero-order valence-electron chi connectivity index (χ0n) is 21.2. The van der Waals surface area contributed by atoms with Crippen LogP contribution in [0.4, 0.5) is 21.0 Å². The maximum Gasteiger partial charge on any atom is 0.436 e. The van der Waals surface area contributed by atoms with Gasteiger partial charge < -0.3 is 14.9 Å². The third-order valence-electron chi connectivity index (χ3n) is 6.66. The number of aryl methyl sites for hydroxylation is 1. The zero-order chi connectivity index (χ0) is 27.7. The van der Waals surface area contributed by atoms with E-state index in [4.69, 9.17) is 5.11 Å². The quantitative estimate of drug-likeness (QED) is 0.409. The van der Waals surface area contributed by atoms with Crippen molar-refractivity contribution >= 4 is 17.9 Å². The number of hydrogen-bond donors (Lipinski definition) is 1. The summed E-state index contributed by atoms with van der Waals surface area (Å²) >= 11 is 0. The van der Waals surface area contributed by atoms with E-state index in [9.17, 15) is 19.2 Å². The molecule has 1 N–H and O–H groups in total. The van der Waals surface area contributed by atoms with Crippen molar-refractivity contribution in [3.8, 4) is 22.9 Å². The molecule has 1 aliphatic rings. The lowest BCUT2D eigenvalue weighted by Crippen LogP contribution is -2.53. The average Bonchev–Trinajstić information content (AvgIpc) is 3.34. The fraction of sp³-hybridized carbons (Fsp3) is 0.269. The Balaban J connectivity index is 1.37. The molecule has 0 saturated carbocycles. The molecule has 0 aliphatic carbocycles. The van der Waals surface area contributed by atoms with Gasteiger partial charge in [-0.2, -0.15) is 5.26 Å². The van der Waals surface area contributed by atoms with Gasteiger partial charge in [0.25, 0.3) is 0 Å². The van der Waals surface area contributed by atoms with Crippen molar-refractivity contribution in [2.45, 2.75) is 26.3 Å². The Kier molecular flexibility index (Phi) is 6.76. The lowest BCUT2D eigenvalue weighted by Gasteiger charge is -2.40. The summed E-state index contributed by atoms with van der Waals surface area (Å²) in [5.41, 5.74) is 1.22. The molecule has 4 heterocycles. The van der Waals surface area contributed by atoms with Crippen molar-refractivity contribution in [1.82, 2.24) is 29.3 Å². The van der Waals surface area contributed by atoms with E-state index in [-0.39, 0.29) is 16.4 Å². The SMILES string of the molecule is CCc1cnc(N2CCN(c3ncc(-c4ccc(-n5cnn(C(=O)O)c5=O)c(F)c4)cc3C#N)C(C)C2)nc1. The highest BCUT2D eigenvalue weighted by Crippen LogP contribution is 2.29. The Morgan fingerprint density at radius 2 is 1.92 bits per heavy atom. The van der Waals surface area contributed by atoms with Crippen LogP contribution in [-0.4, -0.2) is 66.2 Å². The molecule has 12 nitrogen and oxygen atoms in total. The molecular weight excluding hydrogens is 505 g/mol. The third kappa shape index (κ3) is 4.79. The molecule has 198 valence electrons. The Morgan fingerprint density at radius 1 is 1.15 bits per heavy atom. The fourth-order valence-corrected chi connectivity index (χ4v) is 4.56. The summed E-state index contributed by atoms with van der Waals surface area (Å²) in [5.74, 6) is 0.451. The molecule has 0 radical (unpaired) electrons. The summed E-state index contributed by atoms with van der Waals surface area (Å²) in [6, 6.07) is 7.98. The number of anilines is 2. The van der Waals surface area contributed by atoms with Crippen LogP contribution in [0, 0.1) is 17.1 Å². The summed E-state index contributed by atoms with van der Waals surface area (Å²) in [5, 5.41) is 22.4. The van der Waals surface area contributed by atoms with Gasteiger partial charge in [0, 0.05) is 49.8 Å². The van der Waals surface area contributed by atoms with Crippen molar-refractivity contribution in [3.05, 3.63) is 76.6 Å². The van der Waals surface area contributed by atoms with Gasteiger partial charge in [0.1, 0.15) is 24.0 Å². The first kappa shape index (κ1) is 25.5. The molecule has 0 spiro atoms. The second-order valence-electron chi connectivity index (χ2n) is 9.08. The second kappa shape index (κ2) is 10.3. The van der Waals surface area contributed by atoms with Crippen LogP contribution in [0.25, 0.3) is 16.8 Å². The largest absolute Gasteiger partial charge is 0.463 e. The van der Waals surface area contributed by atoms with Crippen LogP contribution in [0.15, 0.2) is 54.0 Å². The number of rotatable bonds is 5. The predicted octanol–water partition coefficient (Wildman–Crippen LogP) is 2.70. The molecule has 1 atom stereocenters. The smallest absolute Gasteiger partial charge is 0.436 e. The second-order valence-corrected chi connectivity index (χ2v) is 9.08. The molecule has 1 fully saturated rings. The Labute approximate surface area is 222 Å². The van der Waals surface area contributed by atoms with E-state index < -0.39 is 17.6 Å². The van der Waals surface area contributed by atoms with Crippen LogP contribution in [0.1, 0.15) is 25.0 Å². The summed E-state index contributed by atoms with van der Waals surface area (Å²) in [4.78, 5) is 41.0. The van der Waals surface area contributed by atoms with Gasteiger partial charge in [0.15, 0.2) is 0 Å². The summed E-state index contributed by atoms with van der Waals surface area (Å²) in [6.07, 6.45) is 5.49. The van der Waals surface area contributed by atoms with Gasteiger partial charge in [0.05, 0.1) is 11.3 Å². The van der Waals surface area contributed by atoms with E-state index in [0.717, 1.165) is 22.9 Å². The number of halogens is 1. The number of pyridine rings is 1. The van der Waals surface area contributed by atoms with Crippen LogP contribution in [0.2, 0.25) is 0 Å². The van der Waals surface area contributed by atoms with Crippen molar-refractivity contribution < 1.29 is 14.3 Å². The Bertz CT molecular complexity index is 1640. The number of hydrogen-bond acceptors (Lipinski definition) is 9. The number of benzene rings is 1. The van der Waals surface area contributed by atoms with Gasteiger partial charge >= 0.3 is 11.8 Å². The van der Waals surface area contributed by atoms with Crippen LogP contribution in [-0.2, 0) is 6.42 Å². The van der Waals surface area contributed by atoms with E-state index in [0.29, 0.717) is 48.1 Å². The van der Waals surface area contributed by atoms with E-state index in [1.54, 1.807) is 18.3 Å². The first-order chi connectivity index (χ1) is 18.8. The first-order valence-electron chi connectivity index (χ1n) is 12.2. The number of nitrogens with zero attached hydrogens (tertiary/aromatic N) is 9. The summed E-state index contributed by atoms with van der Waals surface area (Å²) in [6.45, 7) is 6.03. The highest BCUT2D eigenvalue weighted by molar-refractivity contribution is 5.70. The van der Waals surface area contributed by atoms with E-state index in [1.807, 2.05) is 19.3 Å². The van der Waals surface area contributed by atoms with Gasteiger partial charge in [0.2, 0.25) is 5.95 Å². The molecule has 1 aliphatic heterocycles.